The van der Waals surface area contributed by atoms with Crippen LogP contribution in [0.15, 0.2) is 0 Å². The van der Waals surface area contributed by atoms with Crippen molar-refractivity contribution in [1.82, 2.24) is 10.2 Å². The molecule has 0 aromatic rings. The Morgan fingerprint density at radius 2 is 1.73 bits per heavy atom. The summed E-state index contributed by atoms with van der Waals surface area (Å²) in [5.41, 5.74) is 0.338. The first-order chi connectivity index (χ1) is 7.04. The van der Waals surface area contributed by atoms with E-state index in [0.29, 0.717) is 5.54 Å². The van der Waals surface area contributed by atoms with Gasteiger partial charge in [-0.15, -0.1) is 0 Å². The van der Waals surface area contributed by atoms with Crippen molar-refractivity contribution < 1.29 is 0 Å². The van der Waals surface area contributed by atoms with E-state index in [4.69, 9.17) is 0 Å². The fourth-order valence-corrected chi connectivity index (χ4v) is 1.44. The van der Waals surface area contributed by atoms with Crippen molar-refractivity contribution >= 4 is 0 Å². The molecule has 0 radical (unpaired) electrons. The van der Waals surface area contributed by atoms with Crippen molar-refractivity contribution in [2.24, 2.45) is 0 Å². The Morgan fingerprint density at radius 1 is 1.07 bits per heavy atom. The first-order valence-electron chi connectivity index (χ1n) is 6.46. The predicted octanol–water partition coefficient (Wildman–Crippen LogP) is 2.89. The second-order valence-electron chi connectivity index (χ2n) is 5.04. The van der Waals surface area contributed by atoms with E-state index in [1.807, 2.05) is 0 Å². The van der Waals surface area contributed by atoms with E-state index < -0.39 is 0 Å². The lowest BCUT2D eigenvalue weighted by molar-refractivity contribution is 0.152. The molecule has 0 fully saturated rings. The molecule has 0 spiro atoms. The lowest BCUT2D eigenvalue weighted by atomic mass is 10.0. The molecule has 0 rings (SSSR count). The third kappa shape index (κ3) is 6.91. The minimum absolute atomic E-state index is 0.338. The van der Waals surface area contributed by atoms with Crippen LogP contribution in [0.25, 0.3) is 0 Å². The van der Waals surface area contributed by atoms with Gasteiger partial charge in [0.15, 0.2) is 0 Å². The van der Waals surface area contributed by atoms with Crippen molar-refractivity contribution in [2.75, 3.05) is 26.7 Å². The summed E-state index contributed by atoms with van der Waals surface area (Å²) in [5, 5.41) is 3.51. The topological polar surface area (TPSA) is 15.3 Å². The molecule has 0 bridgehead atoms. The van der Waals surface area contributed by atoms with E-state index in [9.17, 15) is 0 Å². The molecule has 0 amide bonds. The van der Waals surface area contributed by atoms with E-state index in [1.165, 1.54) is 32.2 Å². The van der Waals surface area contributed by atoms with Gasteiger partial charge in [0.1, 0.15) is 0 Å². The van der Waals surface area contributed by atoms with Crippen LogP contribution in [-0.2, 0) is 0 Å². The van der Waals surface area contributed by atoms with Crippen LogP contribution in [0.5, 0.6) is 0 Å². The summed E-state index contributed by atoms with van der Waals surface area (Å²) >= 11 is 0. The van der Waals surface area contributed by atoms with E-state index in [2.05, 4.69) is 45.0 Å². The molecule has 0 aliphatic rings. The fraction of sp³-hybridized carbons (Fsp3) is 1.00. The fourth-order valence-electron chi connectivity index (χ4n) is 1.44. The standard InChI is InChI=1S/C13H30N2/c1-6-8-9-10-14-11-12-15(5)13(3,4)7-2/h14H,6-12H2,1-5H3. The van der Waals surface area contributed by atoms with Crippen LogP contribution >= 0.6 is 0 Å². The second kappa shape index (κ2) is 8.12. The first kappa shape index (κ1) is 14.9. The number of nitrogens with zero attached hydrogens (tertiary/aromatic N) is 1. The highest BCUT2D eigenvalue weighted by molar-refractivity contribution is 4.77. The van der Waals surface area contributed by atoms with Crippen molar-refractivity contribution in [3.05, 3.63) is 0 Å². The van der Waals surface area contributed by atoms with Gasteiger partial charge in [-0.25, -0.2) is 0 Å². The van der Waals surface area contributed by atoms with E-state index >= 15 is 0 Å². The molecule has 2 nitrogen and oxygen atoms in total. The van der Waals surface area contributed by atoms with Crippen molar-refractivity contribution in [3.63, 3.8) is 0 Å². The smallest absolute Gasteiger partial charge is 0.0148 e. The van der Waals surface area contributed by atoms with Crippen LogP contribution in [0.3, 0.4) is 0 Å². The molecule has 15 heavy (non-hydrogen) atoms. The average Bonchev–Trinajstić information content (AvgIpc) is 2.22. The summed E-state index contributed by atoms with van der Waals surface area (Å²) in [6.45, 7) is 12.6. The van der Waals surface area contributed by atoms with Gasteiger partial charge in [0.2, 0.25) is 0 Å². The summed E-state index contributed by atoms with van der Waals surface area (Å²) in [6, 6.07) is 0. The largest absolute Gasteiger partial charge is 0.315 e. The van der Waals surface area contributed by atoms with Crippen LogP contribution in [0.1, 0.15) is 53.4 Å². The molecule has 0 heterocycles. The molecular weight excluding hydrogens is 184 g/mol. The second-order valence-corrected chi connectivity index (χ2v) is 5.04. The molecular formula is C13H30N2. The number of nitrogens with one attached hydrogen (secondary N) is 1. The zero-order valence-corrected chi connectivity index (χ0v) is 11.4. The van der Waals surface area contributed by atoms with Gasteiger partial charge in [-0.1, -0.05) is 26.7 Å². The van der Waals surface area contributed by atoms with Crippen molar-refractivity contribution in [1.29, 1.82) is 0 Å². The average molecular weight is 214 g/mol. The molecule has 0 aliphatic carbocycles. The zero-order valence-electron chi connectivity index (χ0n) is 11.4. The van der Waals surface area contributed by atoms with Crippen LogP contribution in [0.2, 0.25) is 0 Å². The normalized spacial score (nSPS) is 12.4. The maximum atomic E-state index is 3.51. The number of hydrogen-bond acceptors (Lipinski definition) is 2. The van der Waals surface area contributed by atoms with E-state index in [0.717, 1.165) is 13.1 Å². The molecule has 0 aromatic carbocycles. The Hall–Kier alpha value is -0.0800. The Labute approximate surface area is 96.4 Å². The van der Waals surface area contributed by atoms with Gasteiger partial charge >= 0.3 is 0 Å². The summed E-state index contributed by atoms with van der Waals surface area (Å²) in [5.74, 6) is 0. The first-order valence-corrected chi connectivity index (χ1v) is 6.46. The lowest BCUT2D eigenvalue weighted by Gasteiger charge is -2.34. The number of hydrogen-bond donors (Lipinski definition) is 1. The van der Waals surface area contributed by atoms with E-state index in [-0.39, 0.29) is 0 Å². The van der Waals surface area contributed by atoms with Crippen LogP contribution in [-0.4, -0.2) is 37.1 Å². The van der Waals surface area contributed by atoms with Gasteiger partial charge in [0, 0.05) is 18.6 Å². The maximum absolute atomic E-state index is 3.51. The number of likely N-dealkylation sites (N-methyl/N-ethyl adjacent to an activating group) is 1. The Morgan fingerprint density at radius 3 is 2.27 bits per heavy atom. The maximum Gasteiger partial charge on any atom is 0.0148 e. The number of unbranched alkanes of at least 4 members (excludes halogenated alkanes) is 2. The quantitative estimate of drug-likeness (QED) is 0.594. The summed E-state index contributed by atoms with van der Waals surface area (Å²) in [7, 11) is 2.22. The lowest BCUT2D eigenvalue weighted by Crippen LogP contribution is -2.43. The highest BCUT2D eigenvalue weighted by atomic mass is 15.2. The van der Waals surface area contributed by atoms with Crippen LogP contribution in [0, 0.1) is 0 Å². The van der Waals surface area contributed by atoms with E-state index in [1.54, 1.807) is 0 Å². The van der Waals surface area contributed by atoms with Gasteiger partial charge < -0.3 is 5.32 Å². The molecule has 0 saturated heterocycles. The van der Waals surface area contributed by atoms with Crippen molar-refractivity contribution in [2.45, 2.75) is 58.9 Å². The third-order valence-electron chi connectivity index (χ3n) is 3.48. The molecule has 2 heteroatoms. The number of rotatable bonds is 9. The summed E-state index contributed by atoms with van der Waals surface area (Å²) in [6.07, 6.45) is 5.18. The van der Waals surface area contributed by atoms with Gasteiger partial charge in [-0.3, -0.25) is 4.90 Å². The molecule has 0 aliphatic heterocycles. The molecule has 0 unspecified atom stereocenters. The molecule has 0 atom stereocenters. The molecule has 92 valence electrons. The molecule has 0 aromatic heterocycles. The van der Waals surface area contributed by atoms with Crippen LogP contribution < -0.4 is 5.32 Å². The molecule has 0 saturated carbocycles. The Balaban J connectivity index is 3.43. The van der Waals surface area contributed by atoms with Gasteiger partial charge in [0.25, 0.3) is 0 Å². The minimum atomic E-state index is 0.338. The highest BCUT2D eigenvalue weighted by Gasteiger charge is 2.19. The zero-order chi connectivity index (χ0) is 11.7. The van der Waals surface area contributed by atoms with Crippen LogP contribution in [0.4, 0.5) is 0 Å². The summed E-state index contributed by atoms with van der Waals surface area (Å²) in [4.78, 5) is 2.44. The monoisotopic (exact) mass is 214 g/mol. The summed E-state index contributed by atoms with van der Waals surface area (Å²) < 4.78 is 0. The Bertz CT molecular complexity index is 143. The molecule has 1 N–H and O–H groups in total. The highest BCUT2D eigenvalue weighted by Crippen LogP contribution is 2.15. The Kier molecular flexibility index (Phi) is 8.07. The van der Waals surface area contributed by atoms with Gasteiger partial charge in [0.05, 0.1) is 0 Å². The predicted molar refractivity (Wildman–Crippen MR) is 69.4 cm³/mol. The van der Waals surface area contributed by atoms with Gasteiger partial charge in [-0.05, 0) is 40.3 Å². The van der Waals surface area contributed by atoms with Gasteiger partial charge in [-0.2, -0.15) is 0 Å². The SMILES string of the molecule is CCCCCNCCN(C)C(C)(C)CC. The minimum Gasteiger partial charge on any atom is -0.315 e. The van der Waals surface area contributed by atoms with Crippen molar-refractivity contribution in [3.8, 4) is 0 Å². The third-order valence-corrected chi connectivity index (χ3v) is 3.48.